The number of halogens is 1. The van der Waals surface area contributed by atoms with Crippen molar-refractivity contribution in [3.8, 4) is 0 Å². The predicted molar refractivity (Wildman–Crippen MR) is 95.7 cm³/mol. The molecule has 0 bridgehead atoms. The molecule has 1 aliphatic rings. The number of amides is 3. The summed E-state index contributed by atoms with van der Waals surface area (Å²) in [6.45, 7) is 5.69. The molecule has 0 saturated heterocycles. The molecule has 0 unspecified atom stereocenters. The summed E-state index contributed by atoms with van der Waals surface area (Å²) in [5.41, 5.74) is 3.54. The lowest BCUT2D eigenvalue weighted by Gasteiger charge is -2.15. The second kappa shape index (κ2) is 6.71. The number of hydrogen-bond acceptors (Lipinski definition) is 3. The van der Waals surface area contributed by atoms with Crippen LogP contribution in [0.1, 0.15) is 43.8 Å². The Kier molecular flexibility index (Phi) is 4.59. The molecule has 1 aliphatic heterocycles. The monoisotopic (exact) mass is 354 g/mol. The first-order chi connectivity index (χ1) is 12.3. The van der Waals surface area contributed by atoms with Crippen LogP contribution in [0.5, 0.6) is 0 Å². The highest BCUT2D eigenvalue weighted by molar-refractivity contribution is 6.21. The first-order valence-electron chi connectivity index (χ1n) is 8.32. The molecule has 3 amide bonds. The van der Waals surface area contributed by atoms with Crippen molar-refractivity contribution >= 4 is 23.4 Å². The number of rotatable bonds is 4. The van der Waals surface area contributed by atoms with E-state index in [9.17, 15) is 18.8 Å². The highest BCUT2D eigenvalue weighted by Crippen LogP contribution is 2.26. The largest absolute Gasteiger partial charge is 0.326 e. The number of imide groups is 1. The molecule has 5 nitrogen and oxygen atoms in total. The Morgan fingerprint density at radius 1 is 1.08 bits per heavy atom. The van der Waals surface area contributed by atoms with Crippen molar-refractivity contribution in [3.63, 3.8) is 0 Å². The molecular weight excluding hydrogens is 335 g/mol. The highest BCUT2D eigenvalue weighted by Gasteiger charge is 2.37. The van der Waals surface area contributed by atoms with Crippen LogP contribution in [0.3, 0.4) is 0 Å². The summed E-state index contributed by atoms with van der Waals surface area (Å²) in [4.78, 5) is 37.8. The van der Waals surface area contributed by atoms with Crippen molar-refractivity contribution < 1.29 is 18.8 Å². The lowest BCUT2D eigenvalue weighted by molar-refractivity contribution is -0.116. The number of benzene rings is 2. The molecule has 0 atom stereocenters. The Balaban J connectivity index is 1.69. The third-order valence-corrected chi connectivity index (χ3v) is 4.45. The topological polar surface area (TPSA) is 66.5 Å². The van der Waals surface area contributed by atoms with Gasteiger partial charge in [0.2, 0.25) is 5.91 Å². The van der Waals surface area contributed by atoms with E-state index in [1.165, 1.54) is 12.1 Å². The van der Waals surface area contributed by atoms with Gasteiger partial charge in [-0.3, -0.25) is 19.3 Å². The van der Waals surface area contributed by atoms with Crippen molar-refractivity contribution in [2.75, 3.05) is 11.9 Å². The molecule has 1 N–H and O–H groups in total. The van der Waals surface area contributed by atoms with E-state index in [1.54, 1.807) is 0 Å². The molecule has 0 aliphatic carbocycles. The van der Waals surface area contributed by atoms with Crippen LogP contribution < -0.4 is 5.32 Å². The summed E-state index contributed by atoms with van der Waals surface area (Å²) in [6, 6.07) is 7.88. The third kappa shape index (κ3) is 3.10. The molecule has 134 valence electrons. The fourth-order valence-electron chi connectivity index (χ4n) is 3.29. The lowest BCUT2D eigenvalue weighted by Crippen LogP contribution is -2.33. The minimum atomic E-state index is -0.723. The summed E-state index contributed by atoms with van der Waals surface area (Å²) in [5.74, 6) is -2.30. The van der Waals surface area contributed by atoms with Gasteiger partial charge in [0.05, 0.1) is 11.1 Å². The van der Waals surface area contributed by atoms with E-state index in [0.717, 1.165) is 33.3 Å². The molecule has 2 aromatic carbocycles. The predicted octanol–water partition coefficient (Wildman–Crippen LogP) is 3.38. The zero-order valence-corrected chi connectivity index (χ0v) is 14.9. The maximum absolute atomic E-state index is 13.8. The van der Waals surface area contributed by atoms with E-state index in [4.69, 9.17) is 0 Å². The zero-order valence-electron chi connectivity index (χ0n) is 14.9. The van der Waals surface area contributed by atoms with E-state index in [1.807, 2.05) is 32.9 Å². The van der Waals surface area contributed by atoms with Gasteiger partial charge in [-0.2, -0.15) is 0 Å². The molecule has 2 aromatic rings. The van der Waals surface area contributed by atoms with E-state index in [-0.39, 0.29) is 30.0 Å². The minimum Gasteiger partial charge on any atom is -0.326 e. The van der Waals surface area contributed by atoms with Crippen LogP contribution in [0.15, 0.2) is 30.3 Å². The Bertz CT molecular complexity index is 914. The molecule has 0 fully saturated rings. The van der Waals surface area contributed by atoms with Crippen LogP contribution in [-0.2, 0) is 4.79 Å². The van der Waals surface area contributed by atoms with E-state index in [2.05, 4.69) is 5.32 Å². The van der Waals surface area contributed by atoms with Gasteiger partial charge in [0, 0.05) is 18.7 Å². The first-order valence-corrected chi connectivity index (χ1v) is 8.32. The first kappa shape index (κ1) is 17.8. The maximum Gasteiger partial charge on any atom is 0.264 e. The van der Waals surface area contributed by atoms with Crippen molar-refractivity contribution in [1.82, 2.24) is 4.90 Å². The molecular formula is C20H19FN2O3. The Labute approximate surface area is 150 Å². The van der Waals surface area contributed by atoms with Crippen molar-refractivity contribution in [2.24, 2.45) is 0 Å². The second-order valence-electron chi connectivity index (χ2n) is 6.50. The maximum atomic E-state index is 13.8. The van der Waals surface area contributed by atoms with Gasteiger partial charge in [-0.05, 0) is 44.0 Å². The summed E-state index contributed by atoms with van der Waals surface area (Å²) in [6.07, 6.45) is -0.0557. The normalized spacial score (nSPS) is 13.2. The molecule has 0 radical (unpaired) electrons. The van der Waals surface area contributed by atoms with Gasteiger partial charge in [0.1, 0.15) is 5.82 Å². The molecule has 6 heteroatoms. The molecule has 26 heavy (non-hydrogen) atoms. The van der Waals surface area contributed by atoms with E-state index in [0.29, 0.717) is 0 Å². The van der Waals surface area contributed by atoms with Crippen molar-refractivity contribution in [1.29, 1.82) is 0 Å². The summed E-state index contributed by atoms with van der Waals surface area (Å²) in [7, 11) is 0. The van der Waals surface area contributed by atoms with Gasteiger partial charge in [0.25, 0.3) is 11.8 Å². The number of aryl methyl sites for hydroxylation is 3. The molecule has 0 spiro atoms. The van der Waals surface area contributed by atoms with Crippen LogP contribution in [0.25, 0.3) is 0 Å². The van der Waals surface area contributed by atoms with Gasteiger partial charge < -0.3 is 5.32 Å². The SMILES string of the molecule is Cc1cc(C)c(NC(=O)CCN2C(=O)c3cccc(F)c3C2=O)c(C)c1. The summed E-state index contributed by atoms with van der Waals surface area (Å²) >= 11 is 0. The second-order valence-corrected chi connectivity index (χ2v) is 6.50. The van der Waals surface area contributed by atoms with E-state index >= 15 is 0 Å². The van der Waals surface area contributed by atoms with Crippen LogP contribution in [0.4, 0.5) is 10.1 Å². The zero-order chi connectivity index (χ0) is 19.0. The van der Waals surface area contributed by atoms with Crippen LogP contribution in [0.2, 0.25) is 0 Å². The van der Waals surface area contributed by atoms with Gasteiger partial charge in [-0.1, -0.05) is 23.8 Å². The molecule has 1 heterocycles. The number of carbonyl (C=O) groups is 3. The number of fused-ring (bicyclic) bond motifs is 1. The standard InChI is InChI=1S/C20H19FN2O3/c1-11-9-12(2)18(13(3)10-11)22-16(24)7-8-23-19(25)14-5-4-6-15(21)17(14)20(23)26/h4-6,9-10H,7-8H2,1-3H3,(H,22,24). The number of nitrogens with one attached hydrogen (secondary N) is 1. The number of nitrogens with zero attached hydrogens (tertiary/aromatic N) is 1. The Morgan fingerprint density at radius 3 is 2.35 bits per heavy atom. The Hall–Kier alpha value is -3.02. The van der Waals surface area contributed by atoms with Gasteiger partial charge in [-0.15, -0.1) is 0 Å². The molecule has 0 saturated carbocycles. The Morgan fingerprint density at radius 2 is 1.73 bits per heavy atom. The number of carbonyl (C=O) groups excluding carboxylic acids is 3. The molecule has 3 rings (SSSR count). The highest BCUT2D eigenvalue weighted by atomic mass is 19.1. The fraction of sp³-hybridized carbons (Fsp3) is 0.250. The van der Waals surface area contributed by atoms with Crippen LogP contribution in [-0.4, -0.2) is 29.2 Å². The smallest absolute Gasteiger partial charge is 0.264 e. The van der Waals surface area contributed by atoms with E-state index < -0.39 is 17.6 Å². The van der Waals surface area contributed by atoms with Crippen LogP contribution >= 0.6 is 0 Å². The number of anilines is 1. The van der Waals surface area contributed by atoms with Crippen molar-refractivity contribution in [3.05, 3.63) is 64.0 Å². The number of hydrogen-bond donors (Lipinski definition) is 1. The molecule has 0 aromatic heterocycles. The summed E-state index contributed by atoms with van der Waals surface area (Å²) < 4.78 is 13.8. The third-order valence-electron chi connectivity index (χ3n) is 4.45. The van der Waals surface area contributed by atoms with Gasteiger partial charge in [0.15, 0.2) is 0 Å². The summed E-state index contributed by atoms with van der Waals surface area (Å²) in [5, 5.41) is 2.83. The van der Waals surface area contributed by atoms with Crippen molar-refractivity contribution in [2.45, 2.75) is 27.2 Å². The minimum absolute atomic E-state index is 0.0423. The lowest BCUT2D eigenvalue weighted by atomic mass is 10.1. The van der Waals surface area contributed by atoms with Crippen LogP contribution in [0, 0.1) is 26.6 Å². The quantitative estimate of drug-likeness (QED) is 0.856. The average Bonchev–Trinajstić information content (AvgIpc) is 2.81. The average molecular weight is 354 g/mol. The van der Waals surface area contributed by atoms with Gasteiger partial charge >= 0.3 is 0 Å². The van der Waals surface area contributed by atoms with Gasteiger partial charge in [-0.25, -0.2) is 4.39 Å². The fourth-order valence-corrected chi connectivity index (χ4v) is 3.29.